The molecule has 1 heterocycles. The molecule has 0 radical (unpaired) electrons. The fourth-order valence-electron chi connectivity index (χ4n) is 1.34. The van der Waals surface area contributed by atoms with Crippen LogP contribution in [0, 0.1) is 11.3 Å². The zero-order valence-electron chi connectivity index (χ0n) is 8.35. The second-order valence-electron chi connectivity index (χ2n) is 3.23. The molecule has 1 aromatic heterocycles. The van der Waals surface area contributed by atoms with Crippen LogP contribution in [0.5, 0.6) is 0 Å². The molecule has 0 bridgehead atoms. The quantitative estimate of drug-likeness (QED) is 0.930. The molecule has 1 atom stereocenters. The van der Waals surface area contributed by atoms with Crippen LogP contribution in [0.15, 0.2) is 51.6 Å². The third-order valence-electron chi connectivity index (χ3n) is 2.11. The van der Waals surface area contributed by atoms with Crippen LogP contribution < -0.4 is 5.32 Å². The maximum Gasteiger partial charge on any atom is 0.173 e. The van der Waals surface area contributed by atoms with E-state index in [1.54, 1.807) is 18.4 Å². The van der Waals surface area contributed by atoms with Gasteiger partial charge in [-0.2, -0.15) is 5.26 Å². The molecule has 1 unspecified atom stereocenters. The summed E-state index contributed by atoms with van der Waals surface area (Å²) in [5, 5.41) is 12.1. The van der Waals surface area contributed by atoms with E-state index in [0.717, 1.165) is 10.2 Å². The smallest absolute Gasteiger partial charge is 0.173 e. The van der Waals surface area contributed by atoms with Crippen molar-refractivity contribution in [2.45, 2.75) is 6.04 Å². The van der Waals surface area contributed by atoms with Gasteiger partial charge >= 0.3 is 0 Å². The molecule has 0 aliphatic carbocycles. The Labute approximate surface area is 102 Å². The third kappa shape index (κ3) is 2.44. The van der Waals surface area contributed by atoms with Crippen molar-refractivity contribution in [3.05, 3.63) is 52.9 Å². The minimum absolute atomic E-state index is 0.462. The molecule has 0 aliphatic rings. The van der Waals surface area contributed by atoms with Gasteiger partial charge in [-0.15, -0.1) is 0 Å². The van der Waals surface area contributed by atoms with Crippen LogP contribution in [0.3, 0.4) is 0 Å². The maximum atomic E-state index is 9.03. The second-order valence-corrected chi connectivity index (χ2v) is 4.14. The molecule has 0 aliphatic heterocycles. The second kappa shape index (κ2) is 4.86. The van der Waals surface area contributed by atoms with Gasteiger partial charge in [0, 0.05) is 10.2 Å². The van der Waals surface area contributed by atoms with Crippen molar-refractivity contribution in [1.82, 2.24) is 0 Å². The average molecular weight is 277 g/mol. The first-order valence-electron chi connectivity index (χ1n) is 4.75. The number of nitrogens with one attached hydrogen (secondary N) is 1. The lowest BCUT2D eigenvalue weighted by molar-refractivity contribution is 0.505. The first-order chi connectivity index (χ1) is 7.79. The largest absolute Gasteiger partial charge is 0.466 e. The highest BCUT2D eigenvalue weighted by molar-refractivity contribution is 9.10. The third-order valence-corrected chi connectivity index (χ3v) is 2.64. The Morgan fingerprint density at radius 1 is 1.25 bits per heavy atom. The molecule has 0 fully saturated rings. The number of hydrogen-bond acceptors (Lipinski definition) is 3. The van der Waals surface area contributed by atoms with E-state index >= 15 is 0 Å². The predicted octanol–water partition coefficient (Wildman–Crippen LogP) is 3.72. The monoisotopic (exact) mass is 276 g/mol. The van der Waals surface area contributed by atoms with Crippen molar-refractivity contribution in [3.63, 3.8) is 0 Å². The van der Waals surface area contributed by atoms with Crippen molar-refractivity contribution in [3.8, 4) is 6.07 Å². The summed E-state index contributed by atoms with van der Waals surface area (Å²) in [4.78, 5) is 0. The number of furan rings is 1. The number of rotatable bonds is 3. The Hall–Kier alpha value is -1.73. The Balaban J connectivity index is 2.14. The normalized spacial score (nSPS) is 11.8. The molecule has 0 saturated carbocycles. The van der Waals surface area contributed by atoms with Gasteiger partial charge in [-0.3, -0.25) is 0 Å². The first-order valence-corrected chi connectivity index (χ1v) is 5.54. The van der Waals surface area contributed by atoms with Crippen LogP contribution >= 0.6 is 15.9 Å². The summed E-state index contributed by atoms with van der Waals surface area (Å²) in [7, 11) is 0. The molecule has 2 aromatic rings. The molecule has 1 aromatic carbocycles. The average Bonchev–Trinajstić information content (AvgIpc) is 2.82. The van der Waals surface area contributed by atoms with E-state index in [1.165, 1.54) is 0 Å². The van der Waals surface area contributed by atoms with E-state index in [0.29, 0.717) is 5.76 Å². The molecular formula is C12H9BrN2O. The van der Waals surface area contributed by atoms with Crippen LogP contribution in [0.4, 0.5) is 5.69 Å². The van der Waals surface area contributed by atoms with E-state index in [2.05, 4.69) is 27.3 Å². The molecule has 3 nitrogen and oxygen atoms in total. The van der Waals surface area contributed by atoms with Crippen LogP contribution in [-0.4, -0.2) is 0 Å². The van der Waals surface area contributed by atoms with Crippen molar-refractivity contribution < 1.29 is 4.42 Å². The topological polar surface area (TPSA) is 49.0 Å². The Morgan fingerprint density at radius 2 is 2.00 bits per heavy atom. The van der Waals surface area contributed by atoms with E-state index in [9.17, 15) is 0 Å². The summed E-state index contributed by atoms with van der Waals surface area (Å²) in [6.45, 7) is 0. The number of halogens is 1. The SMILES string of the molecule is N#CC(Nc1ccc(Br)cc1)c1ccco1. The highest BCUT2D eigenvalue weighted by Gasteiger charge is 2.12. The molecule has 80 valence electrons. The summed E-state index contributed by atoms with van der Waals surface area (Å²) < 4.78 is 6.19. The number of nitrogens with zero attached hydrogens (tertiary/aromatic N) is 1. The predicted molar refractivity (Wildman–Crippen MR) is 64.8 cm³/mol. The van der Waals surface area contributed by atoms with E-state index < -0.39 is 6.04 Å². The fraction of sp³-hybridized carbons (Fsp3) is 0.0833. The van der Waals surface area contributed by atoms with E-state index in [4.69, 9.17) is 9.68 Å². The summed E-state index contributed by atoms with van der Waals surface area (Å²) in [5.41, 5.74) is 0.881. The molecule has 0 amide bonds. The van der Waals surface area contributed by atoms with Crippen molar-refractivity contribution in [1.29, 1.82) is 5.26 Å². The minimum Gasteiger partial charge on any atom is -0.466 e. The summed E-state index contributed by atoms with van der Waals surface area (Å²) in [6, 6.07) is 12.9. The summed E-state index contributed by atoms with van der Waals surface area (Å²) >= 11 is 3.36. The van der Waals surface area contributed by atoms with Crippen molar-refractivity contribution in [2.75, 3.05) is 5.32 Å². The number of nitriles is 1. The van der Waals surface area contributed by atoms with Crippen LogP contribution in [0.25, 0.3) is 0 Å². The molecule has 0 spiro atoms. The van der Waals surface area contributed by atoms with Gasteiger partial charge in [-0.25, -0.2) is 0 Å². The van der Waals surface area contributed by atoms with Crippen molar-refractivity contribution in [2.24, 2.45) is 0 Å². The van der Waals surface area contributed by atoms with Gasteiger partial charge in [0.2, 0.25) is 0 Å². The van der Waals surface area contributed by atoms with Gasteiger partial charge in [0.1, 0.15) is 5.76 Å². The molecule has 0 saturated heterocycles. The number of hydrogen-bond donors (Lipinski definition) is 1. The minimum atomic E-state index is -0.462. The van der Waals surface area contributed by atoms with Gasteiger partial charge < -0.3 is 9.73 Å². The van der Waals surface area contributed by atoms with E-state index in [-0.39, 0.29) is 0 Å². The Kier molecular flexibility index (Phi) is 3.28. The highest BCUT2D eigenvalue weighted by atomic mass is 79.9. The lowest BCUT2D eigenvalue weighted by atomic mass is 10.2. The lowest BCUT2D eigenvalue weighted by Crippen LogP contribution is -2.07. The van der Waals surface area contributed by atoms with Gasteiger partial charge in [-0.1, -0.05) is 15.9 Å². The zero-order chi connectivity index (χ0) is 11.4. The fourth-order valence-corrected chi connectivity index (χ4v) is 1.60. The van der Waals surface area contributed by atoms with Crippen LogP contribution in [0.1, 0.15) is 11.8 Å². The van der Waals surface area contributed by atoms with Gasteiger partial charge in [0.25, 0.3) is 0 Å². The zero-order valence-corrected chi connectivity index (χ0v) is 9.94. The van der Waals surface area contributed by atoms with Crippen LogP contribution in [-0.2, 0) is 0 Å². The van der Waals surface area contributed by atoms with Gasteiger partial charge in [0.15, 0.2) is 6.04 Å². The Morgan fingerprint density at radius 3 is 2.56 bits per heavy atom. The molecular weight excluding hydrogens is 268 g/mol. The van der Waals surface area contributed by atoms with Gasteiger partial charge in [0.05, 0.1) is 12.3 Å². The molecule has 1 N–H and O–H groups in total. The molecule has 4 heteroatoms. The lowest BCUT2D eigenvalue weighted by Gasteiger charge is -2.10. The summed E-state index contributed by atoms with van der Waals surface area (Å²) in [5.74, 6) is 0.616. The first kappa shape index (κ1) is 10.8. The van der Waals surface area contributed by atoms with Crippen molar-refractivity contribution >= 4 is 21.6 Å². The van der Waals surface area contributed by atoms with E-state index in [1.807, 2.05) is 24.3 Å². The molecule has 2 rings (SSSR count). The maximum absolute atomic E-state index is 9.03. The van der Waals surface area contributed by atoms with Gasteiger partial charge in [-0.05, 0) is 36.4 Å². The number of anilines is 1. The molecule has 16 heavy (non-hydrogen) atoms. The number of benzene rings is 1. The Bertz CT molecular complexity index is 485. The van der Waals surface area contributed by atoms with Crippen LogP contribution in [0.2, 0.25) is 0 Å². The standard InChI is InChI=1S/C12H9BrN2O/c13-9-3-5-10(6-4-9)15-11(8-14)12-2-1-7-16-12/h1-7,11,15H. The summed E-state index contributed by atoms with van der Waals surface area (Å²) in [6.07, 6.45) is 1.56. The highest BCUT2D eigenvalue weighted by Crippen LogP contribution is 2.21.